The lowest BCUT2D eigenvalue weighted by atomic mass is 10.1. The second-order valence-corrected chi connectivity index (χ2v) is 6.89. The highest BCUT2D eigenvalue weighted by atomic mass is 35.5. The van der Waals surface area contributed by atoms with Crippen molar-refractivity contribution in [1.29, 1.82) is 0 Å². The molecular weight excluding hydrogens is 334 g/mol. The summed E-state index contributed by atoms with van der Waals surface area (Å²) in [7, 11) is 0. The summed E-state index contributed by atoms with van der Waals surface area (Å²) in [6.07, 6.45) is 4.33. The van der Waals surface area contributed by atoms with Crippen LogP contribution in [0.2, 0.25) is 5.15 Å². The number of halogens is 1. The molecule has 0 bridgehead atoms. The third kappa shape index (κ3) is 2.91. The number of pyridine rings is 1. The molecule has 1 aliphatic rings. The van der Waals surface area contributed by atoms with Crippen LogP contribution in [0.5, 0.6) is 0 Å². The van der Waals surface area contributed by atoms with Gasteiger partial charge in [-0.15, -0.1) is 0 Å². The Hall–Kier alpha value is -2.66. The molecule has 0 unspecified atom stereocenters. The molecular formula is C19H16ClN5. The first kappa shape index (κ1) is 14.7. The van der Waals surface area contributed by atoms with E-state index in [1.54, 1.807) is 12.3 Å². The predicted molar refractivity (Wildman–Crippen MR) is 99.9 cm³/mol. The van der Waals surface area contributed by atoms with Crippen LogP contribution >= 0.6 is 11.6 Å². The summed E-state index contributed by atoms with van der Waals surface area (Å²) < 4.78 is 0. The topological polar surface area (TPSA) is 66.5 Å². The molecule has 0 radical (unpaired) electrons. The van der Waals surface area contributed by atoms with E-state index in [2.05, 4.69) is 49.5 Å². The van der Waals surface area contributed by atoms with Crippen molar-refractivity contribution in [2.45, 2.75) is 25.3 Å². The number of H-pyrrole nitrogens is 1. The lowest BCUT2D eigenvalue weighted by Gasteiger charge is -2.06. The van der Waals surface area contributed by atoms with Gasteiger partial charge in [-0.2, -0.15) is 0 Å². The first-order valence-electron chi connectivity index (χ1n) is 8.39. The van der Waals surface area contributed by atoms with Crippen LogP contribution < -0.4 is 5.32 Å². The van der Waals surface area contributed by atoms with Crippen LogP contribution in [0.3, 0.4) is 0 Å². The second-order valence-electron chi connectivity index (χ2n) is 6.51. The number of aromatic nitrogens is 4. The maximum absolute atomic E-state index is 5.93. The van der Waals surface area contributed by atoms with Crippen LogP contribution in [0.1, 0.15) is 30.0 Å². The molecule has 1 saturated carbocycles. The van der Waals surface area contributed by atoms with E-state index in [0.29, 0.717) is 23.2 Å². The van der Waals surface area contributed by atoms with E-state index in [0.717, 1.165) is 11.4 Å². The molecule has 0 aliphatic heterocycles. The molecule has 25 heavy (non-hydrogen) atoms. The van der Waals surface area contributed by atoms with Crippen molar-refractivity contribution < 1.29 is 0 Å². The average molecular weight is 350 g/mol. The maximum atomic E-state index is 5.93. The second kappa shape index (κ2) is 5.70. The molecule has 0 saturated heterocycles. The molecule has 1 aliphatic carbocycles. The Bertz CT molecular complexity index is 1080. The number of hydrogen-bond acceptors (Lipinski definition) is 4. The van der Waals surface area contributed by atoms with E-state index < -0.39 is 0 Å². The van der Waals surface area contributed by atoms with Crippen molar-refractivity contribution >= 4 is 39.5 Å². The van der Waals surface area contributed by atoms with Crippen LogP contribution in [0.25, 0.3) is 22.1 Å². The van der Waals surface area contributed by atoms with Gasteiger partial charge in [-0.1, -0.05) is 23.7 Å². The fraction of sp³-hybridized carbons (Fsp3) is 0.211. The first-order valence-corrected chi connectivity index (χ1v) is 8.77. The minimum Gasteiger partial charge on any atom is -0.365 e. The van der Waals surface area contributed by atoms with E-state index in [-0.39, 0.29) is 0 Å². The zero-order valence-electron chi connectivity index (χ0n) is 13.5. The van der Waals surface area contributed by atoms with Gasteiger partial charge < -0.3 is 10.3 Å². The van der Waals surface area contributed by atoms with E-state index >= 15 is 0 Å². The number of anilines is 1. The van der Waals surface area contributed by atoms with Crippen molar-refractivity contribution in [2.75, 3.05) is 5.32 Å². The summed E-state index contributed by atoms with van der Waals surface area (Å²) in [5.74, 6) is 1.42. The van der Waals surface area contributed by atoms with Crippen LogP contribution in [0, 0.1) is 0 Å². The summed E-state index contributed by atoms with van der Waals surface area (Å²) >= 11 is 5.93. The SMILES string of the molecule is Clc1ccc2ncc(NCc3ccc4cc(C5CC5)[nH]c4c3)nc2n1. The molecule has 3 aromatic heterocycles. The number of nitrogens with zero attached hydrogens (tertiary/aromatic N) is 3. The van der Waals surface area contributed by atoms with Crippen LogP contribution in [-0.4, -0.2) is 19.9 Å². The molecule has 5 nitrogen and oxygen atoms in total. The fourth-order valence-corrected chi connectivity index (χ4v) is 3.22. The summed E-state index contributed by atoms with van der Waals surface area (Å²) in [5, 5.41) is 5.00. The maximum Gasteiger partial charge on any atom is 0.181 e. The van der Waals surface area contributed by atoms with Gasteiger partial charge >= 0.3 is 0 Å². The number of nitrogens with one attached hydrogen (secondary N) is 2. The molecule has 3 heterocycles. The van der Waals surface area contributed by atoms with Crippen LogP contribution in [0.15, 0.2) is 42.6 Å². The molecule has 1 fully saturated rings. The van der Waals surface area contributed by atoms with Crippen molar-refractivity contribution in [3.05, 3.63) is 59.0 Å². The molecule has 124 valence electrons. The number of hydrogen-bond donors (Lipinski definition) is 2. The Labute approximate surface area is 149 Å². The van der Waals surface area contributed by atoms with E-state index in [1.807, 2.05) is 6.07 Å². The Balaban J connectivity index is 1.37. The van der Waals surface area contributed by atoms with Gasteiger partial charge in [-0.05, 0) is 54.0 Å². The summed E-state index contributed by atoms with van der Waals surface area (Å²) in [5.41, 5.74) is 5.03. The minimum atomic E-state index is 0.419. The van der Waals surface area contributed by atoms with Gasteiger partial charge in [0.1, 0.15) is 16.5 Å². The van der Waals surface area contributed by atoms with Gasteiger partial charge in [0.15, 0.2) is 5.65 Å². The Kier molecular flexibility index (Phi) is 3.35. The minimum absolute atomic E-state index is 0.419. The largest absolute Gasteiger partial charge is 0.365 e. The lowest BCUT2D eigenvalue weighted by molar-refractivity contribution is 1.06. The number of rotatable bonds is 4. The molecule has 0 amide bonds. The van der Waals surface area contributed by atoms with Gasteiger partial charge in [0, 0.05) is 17.8 Å². The number of aromatic amines is 1. The van der Waals surface area contributed by atoms with Gasteiger partial charge in [-0.25, -0.2) is 15.0 Å². The number of benzene rings is 1. The fourth-order valence-electron chi connectivity index (χ4n) is 3.07. The molecule has 2 N–H and O–H groups in total. The van der Waals surface area contributed by atoms with E-state index in [1.165, 1.54) is 35.0 Å². The standard InChI is InChI=1S/C19H16ClN5/c20-17-6-5-14-19(24-17)25-18(10-21-14)22-9-11-1-2-13-8-16(12-3-4-12)23-15(13)7-11/h1-2,5-8,10,12,23H,3-4,9H2,(H,22,24,25). The zero-order chi connectivity index (χ0) is 16.8. The first-order chi connectivity index (χ1) is 12.2. The molecule has 0 spiro atoms. The predicted octanol–water partition coefficient (Wildman–Crippen LogP) is 4.65. The molecule has 1 aromatic carbocycles. The summed E-state index contributed by atoms with van der Waals surface area (Å²) in [4.78, 5) is 16.6. The van der Waals surface area contributed by atoms with Crippen molar-refractivity contribution in [1.82, 2.24) is 19.9 Å². The van der Waals surface area contributed by atoms with Gasteiger partial charge in [0.05, 0.1) is 6.20 Å². The molecule has 4 aromatic rings. The Morgan fingerprint density at radius 2 is 2.04 bits per heavy atom. The summed E-state index contributed by atoms with van der Waals surface area (Å²) in [6.45, 7) is 0.675. The van der Waals surface area contributed by atoms with E-state index in [4.69, 9.17) is 11.6 Å². The van der Waals surface area contributed by atoms with Crippen LogP contribution in [-0.2, 0) is 6.54 Å². The smallest absolute Gasteiger partial charge is 0.181 e. The molecule has 6 heteroatoms. The van der Waals surface area contributed by atoms with Gasteiger partial charge in [-0.3, -0.25) is 0 Å². The van der Waals surface area contributed by atoms with Crippen molar-refractivity contribution in [3.63, 3.8) is 0 Å². The Morgan fingerprint density at radius 3 is 2.92 bits per heavy atom. The average Bonchev–Trinajstić information content (AvgIpc) is 3.39. The lowest BCUT2D eigenvalue weighted by Crippen LogP contribution is -2.02. The molecule has 5 rings (SSSR count). The van der Waals surface area contributed by atoms with Crippen LogP contribution in [0.4, 0.5) is 5.82 Å². The third-order valence-electron chi connectivity index (χ3n) is 4.57. The zero-order valence-corrected chi connectivity index (χ0v) is 14.2. The van der Waals surface area contributed by atoms with E-state index in [9.17, 15) is 0 Å². The Morgan fingerprint density at radius 1 is 1.12 bits per heavy atom. The normalized spacial score (nSPS) is 14.3. The highest BCUT2D eigenvalue weighted by molar-refractivity contribution is 6.29. The quantitative estimate of drug-likeness (QED) is 0.526. The van der Waals surface area contributed by atoms with Gasteiger partial charge in [0.25, 0.3) is 0 Å². The summed E-state index contributed by atoms with van der Waals surface area (Å²) in [6, 6.07) is 12.3. The monoisotopic (exact) mass is 349 g/mol. The highest BCUT2D eigenvalue weighted by Gasteiger charge is 2.25. The van der Waals surface area contributed by atoms with Crippen molar-refractivity contribution in [2.24, 2.45) is 0 Å². The molecule has 0 atom stereocenters. The highest BCUT2D eigenvalue weighted by Crippen LogP contribution is 2.40. The number of fused-ring (bicyclic) bond motifs is 2. The van der Waals surface area contributed by atoms with Crippen molar-refractivity contribution in [3.8, 4) is 0 Å². The third-order valence-corrected chi connectivity index (χ3v) is 4.78. The van der Waals surface area contributed by atoms with Gasteiger partial charge in [0.2, 0.25) is 0 Å².